The number of carbonyl (C=O) groups excluding carboxylic acids is 1. The number of nitrogens with one attached hydrogen (secondary N) is 2. The topological polar surface area (TPSA) is 70.9 Å². The number of quaternary nitrogens is 1. The Morgan fingerprint density at radius 2 is 1.67 bits per heavy atom. The van der Waals surface area contributed by atoms with Gasteiger partial charge in [0.25, 0.3) is 5.91 Å². The normalized spacial score (nSPS) is 16.2. The molecule has 2 aromatic carbocycles. The predicted octanol–water partition coefficient (Wildman–Crippen LogP) is 1.12. The van der Waals surface area contributed by atoms with Gasteiger partial charge in [0.2, 0.25) is 10.0 Å². The number of anilines is 1. The minimum atomic E-state index is -3.52. The maximum Gasteiger partial charge on any atom is 0.279 e. The summed E-state index contributed by atoms with van der Waals surface area (Å²) in [7, 11) is -3.52. The third-order valence-electron chi connectivity index (χ3n) is 4.42. The van der Waals surface area contributed by atoms with Gasteiger partial charge in [-0.2, -0.15) is 4.31 Å². The quantitative estimate of drug-likeness (QED) is 0.707. The van der Waals surface area contributed by atoms with Gasteiger partial charge in [-0.3, -0.25) is 4.79 Å². The van der Waals surface area contributed by atoms with Gasteiger partial charge in [0, 0.05) is 10.2 Å². The number of piperazine rings is 1. The number of nitrogens with zero attached hydrogens (tertiary/aromatic N) is 1. The van der Waals surface area contributed by atoms with E-state index in [1.165, 1.54) is 28.6 Å². The van der Waals surface area contributed by atoms with Gasteiger partial charge in [-0.25, -0.2) is 12.8 Å². The van der Waals surface area contributed by atoms with Crippen molar-refractivity contribution in [1.29, 1.82) is 0 Å². The SMILES string of the molecule is O=C(C[NH+]1CCN(S(=O)(=O)c2ccc(Br)cc2)CC1)Nc1ccc(F)cc1. The van der Waals surface area contributed by atoms with E-state index in [4.69, 9.17) is 0 Å². The Morgan fingerprint density at radius 3 is 2.26 bits per heavy atom. The lowest BCUT2D eigenvalue weighted by molar-refractivity contribution is -0.895. The molecular weight excluding hydrogens is 437 g/mol. The maximum atomic E-state index is 12.9. The van der Waals surface area contributed by atoms with Crippen LogP contribution < -0.4 is 10.2 Å². The molecule has 2 aromatic rings. The van der Waals surface area contributed by atoms with Crippen LogP contribution >= 0.6 is 15.9 Å². The average molecular weight is 457 g/mol. The van der Waals surface area contributed by atoms with Crippen LogP contribution in [0.3, 0.4) is 0 Å². The van der Waals surface area contributed by atoms with E-state index >= 15 is 0 Å². The molecule has 0 unspecified atom stereocenters. The van der Waals surface area contributed by atoms with Crippen LogP contribution in [0.15, 0.2) is 57.9 Å². The fourth-order valence-electron chi connectivity index (χ4n) is 2.94. The molecule has 1 aliphatic rings. The summed E-state index contributed by atoms with van der Waals surface area (Å²) in [6.45, 7) is 2.05. The molecule has 0 aliphatic carbocycles. The molecule has 0 aromatic heterocycles. The van der Waals surface area contributed by atoms with Crippen molar-refractivity contribution in [3.05, 3.63) is 58.8 Å². The number of amides is 1. The summed E-state index contributed by atoms with van der Waals surface area (Å²) in [6.07, 6.45) is 0. The second-order valence-corrected chi connectivity index (χ2v) is 9.19. The molecule has 0 spiro atoms. The van der Waals surface area contributed by atoms with Crippen molar-refractivity contribution in [3.63, 3.8) is 0 Å². The summed E-state index contributed by atoms with van der Waals surface area (Å²) >= 11 is 3.30. The molecule has 9 heteroatoms. The Morgan fingerprint density at radius 1 is 1.07 bits per heavy atom. The highest BCUT2D eigenvalue weighted by atomic mass is 79.9. The monoisotopic (exact) mass is 456 g/mol. The van der Waals surface area contributed by atoms with Crippen molar-refractivity contribution >= 4 is 37.5 Å². The van der Waals surface area contributed by atoms with E-state index in [0.29, 0.717) is 31.9 Å². The zero-order chi connectivity index (χ0) is 19.4. The number of rotatable bonds is 5. The summed E-state index contributed by atoms with van der Waals surface area (Å²) < 4.78 is 40.6. The first-order chi connectivity index (χ1) is 12.8. The molecule has 27 heavy (non-hydrogen) atoms. The third-order valence-corrected chi connectivity index (χ3v) is 6.86. The molecule has 0 atom stereocenters. The number of carbonyl (C=O) groups is 1. The van der Waals surface area contributed by atoms with E-state index in [1.807, 2.05) is 0 Å². The Labute approximate surface area is 166 Å². The van der Waals surface area contributed by atoms with Gasteiger partial charge >= 0.3 is 0 Å². The second-order valence-electron chi connectivity index (χ2n) is 6.34. The van der Waals surface area contributed by atoms with Crippen LogP contribution in [-0.4, -0.2) is 51.4 Å². The minimum absolute atomic E-state index is 0.180. The van der Waals surface area contributed by atoms with Crippen molar-refractivity contribution in [1.82, 2.24) is 4.31 Å². The highest BCUT2D eigenvalue weighted by Gasteiger charge is 2.31. The van der Waals surface area contributed by atoms with Crippen molar-refractivity contribution in [3.8, 4) is 0 Å². The molecule has 0 bridgehead atoms. The minimum Gasteiger partial charge on any atom is -0.325 e. The van der Waals surface area contributed by atoms with Crippen LogP contribution in [-0.2, 0) is 14.8 Å². The zero-order valence-corrected chi connectivity index (χ0v) is 16.9. The molecule has 1 heterocycles. The van der Waals surface area contributed by atoms with Crippen LogP contribution in [0.5, 0.6) is 0 Å². The standard InChI is InChI=1S/C18H19BrFN3O3S/c19-14-1-7-17(8-2-14)27(25,26)23-11-9-22(10-12-23)13-18(24)21-16-5-3-15(20)4-6-16/h1-8H,9-13H2,(H,21,24)/p+1. The molecule has 2 N–H and O–H groups in total. The molecule has 1 amide bonds. The summed E-state index contributed by atoms with van der Waals surface area (Å²) in [5, 5.41) is 2.73. The lowest BCUT2D eigenvalue weighted by Gasteiger charge is -2.31. The van der Waals surface area contributed by atoms with Crippen LogP contribution in [0.25, 0.3) is 0 Å². The lowest BCUT2D eigenvalue weighted by atomic mass is 10.3. The van der Waals surface area contributed by atoms with Gasteiger partial charge in [-0.1, -0.05) is 15.9 Å². The van der Waals surface area contributed by atoms with E-state index in [-0.39, 0.29) is 23.2 Å². The average Bonchev–Trinajstić information content (AvgIpc) is 2.64. The summed E-state index contributed by atoms with van der Waals surface area (Å²) in [5.41, 5.74) is 0.539. The molecule has 144 valence electrons. The molecule has 0 saturated carbocycles. The van der Waals surface area contributed by atoms with Crippen molar-refractivity contribution in [2.45, 2.75) is 4.90 Å². The van der Waals surface area contributed by atoms with Crippen LogP contribution in [0.2, 0.25) is 0 Å². The highest BCUT2D eigenvalue weighted by Crippen LogP contribution is 2.18. The summed E-state index contributed by atoms with van der Waals surface area (Å²) in [4.78, 5) is 13.4. The van der Waals surface area contributed by atoms with Crippen molar-refractivity contribution in [2.24, 2.45) is 0 Å². The molecule has 1 fully saturated rings. The molecule has 0 radical (unpaired) electrons. The number of sulfonamides is 1. The predicted molar refractivity (Wildman–Crippen MR) is 103 cm³/mol. The number of halogens is 2. The van der Waals surface area contributed by atoms with Crippen molar-refractivity contribution in [2.75, 3.05) is 38.0 Å². The largest absolute Gasteiger partial charge is 0.325 e. The van der Waals surface area contributed by atoms with Crippen molar-refractivity contribution < 1.29 is 22.5 Å². The first-order valence-corrected chi connectivity index (χ1v) is 10.7. The van der Waals surface area contributed by atoms with E-state index < -0.39 is 10.0 Å². The smallest absolute Gasteiger partial charge is 0.279 e. The van der Waals surface area contributed by atoms with Gasteiger partial charge < -0.3 is 10.2 Å². The molecule has 3 rings (SSSR count). The van der Waals surface area contributed by atoms with Gasteiger partial charge in [0.15, 0.2) is 6.54 Å². The lowest BCUT2D eigenvalue weighted by Crippen LogP contribution is -3.15. The van der Waals surface area contributed by atoms with E-state index in [1.54, 1.807) is 24.3 Å². The number of hydrogen-bond acceptors (Lipinski definition) is 3. The van der Waals surface area contributed by atoms with Gasteiger partial charge in [-0.15, -0.1) is 0 Å². The first kappa shape index (κ1) is 19.9. The maximum absolute atomic E-state index is 12.9. The van der Waals surface area contributed by atoms with Gasteiger partial charge in [0.1, 0.15) is 5.82 Å². The van der Waals surface area contributed by atoms with Crippen LogP contribution in [0, 0.1) is 5.82 Å². The summed E-state index contributed by atoms with van der Waals surface area (Å²) in [5.74, 6) is -0.539. The fraction of sp³-hybridized carbons (Fsp3) is 0.278. The number of hydrogen-bond donors (Lipinski definition) is 2. The highest BCUT2D eigenvalue weighted by molar-refractivity contribution is 9.10. The molecule has 6 nitrogen and oxygen atoms in total. The Kier molecular flexibility index (Phi) is 6.25. The van der Waals surface area contributed by atoms with Gasteiger partial charge in [0.05, 0.1) is 31.1 Å². The van der Waals surface area contributed by atoms with Gasteiger partial charge in [-0.05, 0) is 48.5 Å². The Bertz CT molecular complexity index is 896. The van der Waals surface area contributed by atoms with E-state index in [2.05, 4.69) is 21.2 Å². The zero-order valence-electron chi connectivity index (χ0n) is 14.5. The second kappa shape index (κ2) is 8.47. The Balaban J connectivity index is 1.53. The van der Waals surface area contributed by atoms with Crippen LogP contribution in [0.1, 0.15) is 0 Å². The van der Waals surface area contributed by atoms with Crippen LogP contribution in [0.4, 0.5) is 10.1 Å². The first-order valence-electron chi connectivity index (χ1n) is 8.49. The third kappa shape index (κ3) is 5.13. The Hall–Kier alpha value is -1.81. The molecular formula is C18H20BrFN3O3S+. The van der Waals surface area contributed by atoms with E-state index in [9.17, 15) is 17.6 Å². The fourth-order valence-corrected chi connectivity index (χ4v) is 4.65. The molecule has 1 saturated heterocycles. The number of benzene rings is 2. The van der Waals surface area contributed by atoms with E-state index in [0.717, 1.165) is 9.37 Å². The molecule has 1 aliphatic heterocycles. The summed E-state index contributed by atoms with van der Waals surface area (Å²) in [6, 6.07) is 12.1.